The van der Waals surface area contributed by atoms with Gasteiger partial charge in [0.2, 0.25) is 0 Å². The Kier molecular flexibility index (Phi) is 5.20. The van der Waals surface area contributed by atoms with Crippen molar-refractivity contribution in [1.29, 1.82) is 0 Å². The van der Waals surface area contributed by atoms with E-state index in [1.807, 2.05) is 19.2 Å². The van der Waals surface area contributed by atoms with Gasteiger partial charge in [0.15, 0.2) is 0 Å². The number of aromatic nitrogens is 1. The molecule has 1 heterocycles. The van der Waals surface area contributed by atoms with Crippen LogP contribution in [-0.2, 0) is 12.8 Å². The SMILES string of the molecule is CCNC(Cc1cc(F)cc(F)c1)Cc1csc(C)n1. The molecule has 0 fully saturated rings. The molecule has 0 amide bonds. The Bertz CT molecular complexity index is 549. The highest BCUT2D eigenvalue weighted by atomic mass is 32.1. The molecule has 2 nitrogen and oxygen atoms in total. The van der Waals surface area contributed by atoms with E-state index < -0.39 is 11.6 Å². The first kappa shape index (κ1) is 15.1. The van der Waals surface area contributed by atoms with E-state index in [-0.39, 0.29) is 6.04 Å². The molecule has 1 aromatic heterocycles. The lowest BCUT2D eigenvalue weighted by atomic mass is 10.0. The zero-order chi connectivity index (χ0) is 14.5. The number of halogens is 2. The highest BCUT2D eigenvalue weighted by molar-refractivity contribution is 7.09. The second-order valence-corrected chi connectivity index (χ2v) is 5.86. The molecule has 2 rings (SSSR count). The summed E-state index contributed by atoms with van der Waals surface area (Å²) in [6.45, 7) is 4.80. The molecule has 5 heteroatoms. The number of aryl methyl sites for hydroxylation is 1. The Hall–Kier alpha value is -1.33. The highest BCUT2D eigenvalue weighted by Gasteiger charge is 2.12. The third kappa shape index (κ3) is 4.35. The van der Waals surface area contributed by atoms with Gasteiger partial charge in [-0.3, -0.25) is 0 Å². The molecule has 0 aliphatic rings. The van der Waals surface area contributed by atoms with Crippen LogP contribution in [0.3, 0.4) is 0 Å². The Morgan fingerprint density at radius 2 is 1.90 bits per heavy atom. The largest absolute Gasteiger partial charge is 0.314 e. The second-order valence-electron chi connectivity index (χ2n) is 4.80. The molecule has 1 atom stereocenters. The number of rotatable bonds is 6. The van der Waals surface area contributed by atoms with Crippen LogP contribution in [0.15, 0.2) is 23.6 Å². The molecule has 1 unspecified atom stereocenters. The molecule has 1 aromatic carbocycles. The summed E-state index contributed by atoms with van der Waals surface area (Å²) in [5, 5.41) is 6.42. The highest BCUT2D eigenvalue weighted by Crippen LogP contribution is 2.14. The summed E-state index contributed by atoms with van der Waals surface area (Å²) in [6.07, 6.45) is 1.34. The molecule has 108 valence electrons. The van der Waals surface area contributed by atoms with E-state index in [4.69, 9.17) is 0 Å². The van der Waals surface area contributed by atoms with Gasteiger partial charge in [0.1, 0.15) is 11.6 Å². The first-order valence-corrected chi connectivity index (χ1v) is 7.54. The Morgan fingerprint density at radius 3 is 2.45 bits per heavy atom. The van der Waals surface area contributed by atoms with Gasteiger partial charge in [0.05, 0.1) is 10.7 Å². The minimum atomic E-state index is -0.528. The molecule has 0 aliphatic heterocycles. The summed E-state index contributed by atoms with van der Waals surface area (Å²) < 4.78 is 26.4. The second kappa shape index (κ2) is 6.90. The van der Waals surface area contributed by atoms with Gasteiger partial charge in [0.25, 0.3) is 0 Å². The molecular formula is C15H18F2N2S. The van der Waals surface area contributed by atoms with Gasteiger partial charge in [-0.2, -0.15) is 0 Å². The van der Waals surface area contributed by atoms with Gasteiger partial charge >= 0.3 is 0 Å². The third-order valence-corrected chi connectivity index (χ3v) is 3.84. The van der Waals surface area contributed by atoms with E-state index in [1.165, 1.54) is 12.1 Å². The number of nitrogens with one attached hydrogen (secondary N) is 1. The van der Waals surface area contributed by atoms with Crippen LogP contribution in [-0.4, -0.2) is 17.6 Å². The molecule has 20 heavy (non-hydrogen) atoms. The van der Waals surface area contributed by atoms with Gasteiger partial charge in [-0.1, -0.05) is 6.92 Å². The lowest BCUT2D eigenvalue weighted by Crippen LogP contribution is -2.33. The minimum Gasteiger partial charge on any atom is -0.314 e. The maximum Gasteiger partial charge on any atom is 0.126 e. The number of hydrogen-bond donors (Lipinski definition) is 1. The van der Waals surface area contributed by atoms with Crippen LogP contribution in [0.1, 0.15) is 23.2 Å². The fourth-order valence-corrected chi connectivity index (χ4v) is 2.90. The van der Waals surface area contributed by atoms with Crippen LogP contribution in [0.4, 0.5) is 8.78 Å². The zero-order valence-electron chi connectivity index (χ0n) is 11.6. The van der Waals surface area contributed by atoms with Gasteiger partial charge in [-0.05, 0) is 37.6 Å². The third-order valence-electron chi connectivity index (χ3n) is 3.02. The van der Waals surface area contributed by atoms with Crippen molar-refractivity contribution in [1.82, 2.24) is 10.3 Å². The molecule has 0 radical (unpaired) electrons. The van der Waals surface area contributed by atoms with Crippen molar-refractivity contribution in [2.24, 2.45) is 0 Å². The zero-order valence-corrected chi connectivity index (χ0v) is 12.4. The molecule has 0 spiro atoms. The average molecular weight is 296 g/mol. The molecule has 0 bridgehead atoms. The maximum absolute atomic E-state index is 13.2. The summed E-state index contributed by atoms with van der Waals surface area (Å²) in [5.74, 6) is -1.06. The van der Waals surface area contributed by atoms with Crippen molar-refractivity contribution in [3.63, 3.8) is 0 Å². The number of benzene rings is 1. The van der Waals surface area contributed by atoms with Crippen molar-refractivity contribution in [3.05, 3.63) is 51.5 Å². The van der Waals surface area contributed by atoms with Crippen LogP contribution in [0.5, 0.6) is 0 Å². The van der Waals surface area contributed by atoms with E-state index in [0.29, 0.717) is 12.0 Å². The van der Waals surface area contributed by atoms with Crippen molar-refractivity contribution in [2.45, 2.75) is 32.7 Å². The van der Waals surface area contributed by atoms with Crippen LogP contribution in [0.25, 0.3) is 0 Å². The molecule has 0 saturated carbocycles. The normalized spacial score (nSPS) is 12.6. The van der Waals surface area contributed by atoms with Crippen LogP contribution in [0, 0.1) is 18.6 Å². The predicted molar refractivity (Wildman–Crippen MR) is 78.1 cm³/mol. The van der Waals surface area contributed by atoms with Gasteiger partial charge in [0, 0.05) is 23.9 Å². The topological polar surface area (TPSA) is 24.9 Å². The molecule has 0 aliphatic carbocycles. The number of likely N-dealkylation sites (N-methyl/N-ethyl adjacent to an activating group) is 1. The molecule has 0 saturated heterocycles. The first-order valence-electron chi connectivity index (χ1n) is 6.66. The monoisotopic (exact) mass is 296 g/mol. The minimum absolute atomic E-state index is 0.127. The lowest BCUT2D eigenvalue weighted by molar-refractivity contribution is 0.512. The number of hydrogen-bond acceptors (Lipinski definition) is 3. The van der Waals surface area contributed by atoms with Crippen molar-refractivity contribution < 1.29 is 8.78 Å². The lowest BCUT2D eigenvalue weighted by Gasteiger charge is -2.17. The summed E-state index contributed by atoms with van der Waals surface area (Å²) >= 11 is 1.62. The Labute approximate surface area is 121 Å². The van der Waals surface area contributed by atoms with Crippen molar-refractivity contribution >= 4 is 11.3 Å². The van der Waals surface area contributed by atoms with E-state index in [9.17, 15) is 8.78 Å². The summed E-state index contributed by atoms with van der Waals surface area (Å²) in [5.41, 5.74) is 1.69. The van der Waals surface area contributed by atoms with E-state index in [1.54, 1.807) is 11.3 Å². The van der Waals surface area contributed by atoms with Gasteiger partial charge < -0.3 is 5.32 Å². The maximum atomic E-state index is 13.2. The standard InChI is InChI=1S/C15H18F2N2S/c1-3-18-14(8-15-9-20-10(2)19-15)6-11-4-12(16)7-13(17)5-11/h4-5,7,9,14,18H,3,6,8H2,1-2H3. The fourth-order valence-electron chi connectivity index (χ4n) is 2.27. The first-order chi connectivity index (χ1) is 9.56. The van der Waals surface area contributed by atoms with Gasteiger partial charge in [-0.15, -0.1) is 11.3 Å². The van der Waals surface area contributed by atoms with Gasteiger partial charge in [-0.25, -0.2) is 13.8 Å². The van der Waals surface area contributed by atoms with E-state index in [2.05, 4.69) is 10.3 Å². The summed E-state index contributed by atoms with van der Waals surface area (Å²) in [6, 6.07) is 3.80. The Balaban J connectivity index is 2.08. The molecule has 2 aromatic rings. The van der Waals surface area contributed by atoms with Crippen LogP contribution >= 0.6 is 11.3 Å². The number of thiazole rings is 1. The van der Waals surface area contributed by atoms with E-state index >= 15 is 0 Å². The average Bonchev–Trinajstić information content (AvgIpc) is 2.73. The smallest absolute Gasteiger partial charge is 0.126 e. The Morgan fingerprint density at radius 1 is 1.20 bits per heavy atom. The van der Waals surface area contributed by atoms with Crippen molar-refractivity contribution in [2.75, 3.05) is 6.54 Å². The quantitative estimate of drug-likeness (QED) is 0.882. The summed E-state index contributed by atoms with van der Waals surface area (Å²) in [7, 11) is 0. The number of nitrogens with zero attached hydrogens (tertiary/aromatic N) is 1. The molecular weight excluding hydrogens is 278 g/mol. The predicted octanol–water partition coefficient (Wildman–Crippen LogP) is 3.49. The summed E-state index contributed by atoms with van der Waals surface area (Å²) in [4.78, 5) is 4.44. The fraction of sp³-hybridized carbons (Fsp3) is 0.400. The van der Waals surface area contributed by atoms with Crippen molar-refractivity contribution in [3.8, 4) is 0 Å². The van der Waals surface area contributed by atoms with Crippen LogP contribution < -0.4 is 5.32 Å². The van der Waals surface area contributed by atoms with Crippen LogP contribution in [0.2, 0.25) is 0 Å². The molecule has 1 N–H and O–H groups in total. The van der Waals surface area contributed by atoms with E-state index in [0.717, 1.165) is 29.7 Å².